The Balaban J connectivity index is 1.42. The van der Waals surface area contributed by atoms with Gasteiger partial charge in [-0.05, 0) is 66.9 Å². The first kappa shape index (κ1) is 21.1. The molecule has 0 fully saturated rings. The van der Waals surface area contributed by atoms with Crippen LogP contribution in [0, 0.1) is 0 Å². The molecule has 0 atom stereocenters. The summed E-state index contributed by atoms with van der Waals surface area (Å²) in [6.07, 6.45) is 1.60. The Morgan fingerprint density at radius 1 is 1.03 bits per heavy atom. The highest BCUT2D eigenvalue weighted by Crippen LogP contribution is 2.32. The number of aryl methyl sites for hydroxylation is 1. The minimum Gasteiger partial charge on any atom is -0.497 e. The highest BCUT2D eigenvalue weighted by molar-refractivity contribution is 7.92. The fourth-order valence-corrected chi connectivity index (χ4v) is 5.76. The van der Waals surface area contributed by atoms with E-state index in [1.54, 1.807) is 25.3 Å². The number of aromatic nitrogens is 1. The van der Waals surface area contributed by atoms with Gasteiger partial charge in [0.05, 0.1) is 17.7 Å². The molecular formula is C25H23N3O4S. The Hall–Kier alpha value is -3.78. The molecule has 0 bridgehead atoms. The van der Waals surface area contributed by atoms with Gasteiger partial charge >= 0.3 is 0 Å². The lowest BCUT2D eigenvalue weighted by Crippen LogP contribution is -2.35. The Labute approximate surface area is 192 Å². The number of carbonyl (C=O) groups excluding carboxylic acids is 1. The highest BCUT2D eigenvalue weighted by Gasteiger charge is 2.29. The van der Waals surface area contributed by atoms with E-state index in [1.165, 1.54) is 16.4 Å². The first-order valence-electron chi connectivity index (χ1n) is 10.6. The van der Waals surface area contributed by atoms with Crippen molar-refractivity contribution >= 4 is 38.3 Å². The molecule has 0 unspecified atom stereocenters. The maximum Gasteiger partial charge on any atom is 0.264 e. The number of aromatic amines is 1. The number of ether oxygens (including phenoxy) is 1. The minimum absolute atomic E-state index is 0.0910. The van der Waals surface area contributed by atoms with Crippen molar-refractivity contribution in [3.63, 3.8) is 0 Å². The predicted molar refractivity (Wildman–Crippen MR) is 129 cm³/mol. The number of sulfonamides is 1. The molecule has 8 heteroatoms. The molecule has 0 aliphatic carbocycles. The number of benzene rings is 3. The number of carbonyl (C=O) groups is 1. The quantitative estimate of drug-likeness (QED) is 0.455. The van der Waals surface area contributed by atoms with Crippen molar-refractivity contribution in [3.8, 4) is 5.75 Å². The largest absolute Gasteiger partial charge is 0.497 e. The fourth-order valence-electron chi connectivity index (χ4n) is 4.17. The maximum atomic E-state index is 13.4. The van der Waals surface area contributed by atoms with Crippen molar-refractivity contribution in [3.05, 3.63) is 83.9 Å². The third kappa shape index (κ3) is 3.93. The Kier molecular flexibility index (Phi) is 5.30. The lowest BCUT2D eigenvalue weighted by atomic mass is 10.0. The second kappa shape index (κ2) is 8.29. The molecule has 33 heavy (non-hydrogen) atoms. The second-order valence-electron chi connectivity index (χ2n) is 7.93. The molecule has 5 rings (SSSR count). The van der Waals surface area contributed by atoms with Gasteiger partial charge in [0.15, 0.2) is 0 Å². The molecule has 7 nitrogen and oxygen atoms in total. The Morgan fingerprint density at radius 2 is 1.88 bits per heavy atom. The summed E-state index contributed by atoms with van der Waals surface area (Å²) in [4.78, 5) is 16.1. The van der Waals surface area contributed by atoms with Crippen LogP contribution in [0.25, 0.3) is 10.9 Å². The summed E-state index contributed by atoms with van der Waals surface area (Å²) in [5, 5.41) is 3.71. The van der Waals surface area contributed by atoms with Crippen molar-refractivity contribution in [2.24, 2.45) is 0 Å². The summed E-state index contributed by atoms with van der Waals surface area (Å²) in [7, 11) is -2.20. The van der Waals surface area contributed by atoms with Gasteiger partial charge in [0, 0.05) is 23.0 Å². The molecule has 1 amide bonds. The number of para-hydroxylation sites is 1. The number of rotatable bonds is 5. The zero-order valence-electron chi connectivity index (χ0n) is 18.0. The zero-order valence-corrected chi connectivity index (χ0v) is 18.9. The molecular weight excluding hydrogens is 438 g/mol. The average Bonchev–Trinajstić information content (AvgIpc) is 3.25. The first-order chi connectivity index (χ1) is 16.0. The number of amides is 1. The third-order valence-electron chi connectivity index (χ3n) is 5.83. The standard InChI is InChI=1S/C25H23N3O4S/c1-32-20-11-12-22-19(14-20)16-24(26-22)27-25(29)18-7-4-9-21(15-18)33(30,31)28-13-5-8-17-6-2-3-10-23(17)28/h2-4,6-7,9-12,14-16,26H,5,8,13H2,1H3,(H,27,29). The fraction of sp³-hybridized carbons (Fsp3) is 0.160. The van der Waals surface area contributed by atoms with Crippen LogP contribution in [0.4, 0.5) is 11.5 Å². The van der Waals surface area contributed by atoms with Crippen LogP contribution in [0.1, 0.15) is 22.3 Å². The molecule has 1 aliphatic heterocycles. The zero-order chi connectivity index (χ0) is 23.0. The monoisotopic (exact) mass is 461 g/mol. The van der Waals surface area contributed by atoms with Crippen LogP contribution in [-0.4, -0.2) is 33.0 Å². The van der Waals surface area contributed by atoms with Crippen LogP contribution in [0.15, 0.2) is 77.7 Å². The van der Waals surface area contributed by atoms with Crippen molar-refractivity contribution < 1.29 is 17.9 Å². The number of hydrogen-bond donors (Lipinski definition) is 2. The summed E-state index contributed by atoms with van der Waals surface area (Å²) >= 11 is 0. The van der Waals surface area contributed by atoms with Crippen LogP contribution in [0.2, 0.25) is 0 Å². The minimum atomic E-state index is -3.80. The summed E-state index contributed by atoms with van der Waals surface area (Å²) < 4.78 is 33.5. The summed E-state index contributed by atoms with van der Waals surface area (Å²) in [5.41, 5.74) is 2.83. The number of fused-ring (bicyclic) bond motifs is 2. The highest BCUT2D eigenvalue weighted by atomic mass is 32.2. The van der Waals surface area contributed by atoms with Crippen LogP contribution >= 0.6 is 0 Å². The molecule has 4 aromatic rings. The van der Waals surface area contributed by atoms with E-state index >= 15 is 0 Å². The molecule has 2 N–H and O–H groups in total. The molecule has 2 heterocycles. The van der Waals surface area contributed by atoms with Gasteiger partial charge < -0.3 is 15.0 Å². The third-order valence-corrected chi connectivity index (χ3v) is 7.64. The van der Waals surface area contributed by atoms with E-state index < -0.39 is 15.9 Å². The number of nitrogens with one attached hydrogen (secondary N) is 2. The lowest BCUT2D eigenvalue weighted by Gasteiger charge is -2.30. The SMILES string of the molecule is COc1ccc2[nH]c(NC(=O)c3cccc(S(=O)(=O)N4CCCc5ccccc54)c3)cc2c1. The van der Waals surface area contributed by atoms with E-state index in [0.717, 1.165) is 35.1 Å². The van der Waals surface area contributed by atoms with E-state index in [9.17, 15) is 13.2 Å². The first-order valence-corrected chi connectivity index (χ1v) is 12.1. The number of hydrogen-bond acceptors (Lipinski definition) is 4. The van der Waals surface area contributed by atoms with Crippen LogP contribution in [-0.2, 0) is 16.4 Å². The Bertz CT molecular complexity index is 1460. The van der Waals surface area contributed by atoms with Crippen LogP contribution in [0.5, 0.6) is 5.75 Å². The van der Waals surface area contributed by atoms with Gasteiger partial charge in [-0.15, -0.1) is 0 Å². The number of anilines is 2. The van der Waals surface area contributed by atoms with Gasteiger partial charge in [-0.1, -0.05) is 24.3 Å². The number of nitrogens with zero attached hydrogens (tertiary/aromatic N) is 1. The Morgan fingerprint density at radius 3 is 2.73 bits per heavy atom. The molecule has 1 aromatic heterocycles. The van der Waals surface area contributed by atoms with Crippen molar-refractivity contribution in [1.29, 1.82) is 0 Å². The summed E-state index contributed by atoms with van der Waals surface area (Å²) in [6.45, 7) is 0.411. The molecule has 0 spiro atoms. The lowest BCUT2D eigenvalue weighted by molar-refractivity contribution is 0.102. The van der Waals surface area contributed by atoms with Gasteiger partial charge in [0.25, 0.3) is 15.9 Å². The molecule has 0 saturated carbocycles. The average molecular weight is 462 g/mol. The van der Waals surface area contributed by atoms with Gasteiger partial charge in [-0.25, -0.2) is 8.42 Å². The van der Waals surface area contributed by atoms with Gasteiger partial charge in [0.2, 0.25) is 0 Å². The summed E-state index contributed by atoms with van der Waals surface area (Å²) in [5.74, 6) is 0.836. The van der Waals surface area contributed by atoms with E-state index in [1.807, 2.05) is 42.5 Å². The van der Waals surface area contributed by atoms with E-state index in [-0.39, 0.29) is 10.5 Å². The maximum absolute atomic E-state index is 13.4. The smallest absolute Gasteiger partial charge is 0.264 e. The van der Waals surface area contributed by atoms with E-state index in [0.29, 0.717) is 18.1 Å². The molecule has 168 valence electrons. The topological polar surface area (TPSA) is 91.5 Å². The van der Waals surface area contributed by atoms with Crippen LogP contribution < -0.4 is 14.4 Å². The number of H-pyrrole nitrogens is 1. The molecule has 0 radical (unpaired) electrons. The molecule has 1 aliphatic rings. The summed E-state index contributed by atoms with van der Waals surface area (Å²) in [6, 6.07) is 21.1. The van der Waals surface area contributed by atoms with E-state index in [4.69, 9.17) is 4.74 Å². The van der Waals surface area contributed by atoms with Crippen molar-refractivity contribution in [2.45, 2.75) is 17.7 Å². The van der Waals surface area contributed by atoms with Crippen molar-refractivity contribution in [1.82, 2.24) is 4.98 Å². The van der Waals surface area contributed by atoms with Gasteiger partial charge in [-0.2, -0.15) is 0 Å². The predicted octanol–water partition coefficient (Wildman–Crippen LogP) is 4.57. The molecule has 3 aromatic carbocycles. The molecule has 0 saturated heterocycles. The second-order valence-corrected chi connectivity index (χ2v) is 9.79. The van der Waals surface area contributed by atoms with Gasteiger partial charge in [0.1, 0.15) is 11.6 Å². The van der Waals surface area contributed by atoms with Crippen molar-refractivity contribution in [2.75, 3.05) is 23.3 Å². The van der Waals surface area contributed by atoms with Gasteiger partial charge in [-0.3, -0.25) is 9.10 Å². The number of methoxy groups -OCH3 is 1. The van der Waals surface area contributed by atoms with Crippen LogP contribution in [0.3, 0.4) is 0 Å². The normalized spacial score (nSPS) is 13.5. The van der Waals surface area contributed by atoms with E-state index in [2.05, 4.69) is 10.3 Å².